The van der Waals surface area contributed by atoms with E-state index in [-0.39, 0.29) is 5.91 Å². The zero-order valence-electron chi connectivity index (χ0n) is 14.5. The number of rotatable bonds is 6. The maximum atomic E-state index is 12.0. The number of hydrogen-bond acceptors (Lipinski definition) is 3. The number of aromatic nitrogens is 2. The van der Waals surface area contributed by atoms with E-state index in [2.05, 4.69) is 10.4 Å². The van der Waals surface area contributed by atoms with Gasteiger partial charge in [-0.2, -0.15) is 5.10 Å². The average Bonchev–Trinajstić information content (AvgIpc) is 3.11. The Morgan fingerprint density at radius 2 is 1.96 bits per heavy atom. The lowest BCUT2D eigenvalue weighted by Gasteiger charge is -2.05. The van der Waals surface area contributed by atoms with Gasteiger partial charge in [0.1, 0.15) is 0 Å². The van der Waals surface area contributed by atoms with Crippen LogP contribution in [0.3, 0.4) is 0 Å². The summed E-state index contributed by atoms with van der Waals surface area (Å²) in [6.45, 7) is 0.649. The molecular formula is C21H19ClN4O. The monoisotopic (exact) mass is 378 g/mol. The Morgan fingerprint density at radius 3 is 2.74 bits per heavy atom. The van der Waals surface area contributed by atoms with Crippen LogP contribution < -0.4 is 11.1 Å². The third kappa shape index (κ3) is 5.59. The second-order valence-corrected chi connectivity index (χ2v) is 6.30. The van der Waals surface area contributed by atoms with Gasteiger partial charge in [0, 0.05) is 22.9 Å². The first-order valence-electron chi connectivity index (χ1n) is 8.38. The van der Waals surface area contributed by atoms with E-state index in [0.717, 1.165) is 11.1 Å². The molecule has 1 aromatic heterocycles. The molecule has 0 bridgehead atoms. The van der Waals surface area contributed by atoms with Gasteiger partial charge in [-0.1, -0.05) is 54.1 Å². The van der Waals surface area contributed by atoms with Crippen molar-refractivity contribution < 1.29 is 4.79 Å². The molecule has 1 amide bonds. The highest BCUT2D eigenvalue weighted by molar-refractivity contribution is 6.31. The van der Waals surface area contributed by atoms with E-state index < -0.39 is 0 Å². The number of carbonyl (C=O) groups excluding carboxylic acids is 1. The van der Waals surface area contributed by atoms with E-state index in [1.807, 2.05) is 48.7 Å². The lowest BCUT2D eigenvalue weighted by atomic mass is 10.2. The number of allylic oxidation sites excluding steroid dienone is 1. The summed E-state index contributed by atoms with van der Waals surface area (Å²) in [5, 5.41) is 7.52. The molecule has 0 aliphatic carbocycles. The van der Waals surface area contributed by atoms with Crippen LogP contribution in [-0.4, -0.2) is 15.7 Å². The minimum absolute atomic E-state index is 0.277. The smallest absolute Gasteiger partial charge is 0.248 e. The summed E-state index contributed by atoms with van der Waals surface area (Å²) in [6.07, 6.45) is 10.8. The molecule has 1 heterocycles. The lowest BCUT2D eigenvalue weighted by molar-refractivity contribution is -0.111. The number of amides is 1. The van der Waals surface area contributed by atoms with Crippen molar-refractivity contribution in [3.63, 3.8) is 0 Å². The number of carbonyl (C=O) groups is 1. The van der Waals surface area contributed by atoms with E-state index in [1.165, 1.54) is 6.08 Å². The van der Waals surface area contributed by atoms with Crippen LogP contribution in [0, 0.1) is 0 Å². The predicted molar refractivity (Wildman–Crippen MR) is 111 cm³/mol. The molecule has 0 radical (unpaired) electrons. The zero-order valence-corrected chi connectivity index (χ0v) is 15.3. The largest absolute Gasteiger partial charge is 0.397 e. The molecule has 0 saturated carbocycles. The number of nitrogens with zero attached hydrogens (tertiary/aromatic N) is 2. The van der Waals surface area contributed by atoms with E-state index in [9.17, 15) is 4.79 Å². The van der Waals surface area contributed by atoms with Gasteiger partial charge in [0.2, 0.25) is 5.91 Å². The molecule has 0 atom stereocenters. The fourth-order valence-corrected chi connectivity index (χ4v) is 2.60. The molecule has 0 aliphatic rings. The quantitative estimate of drug-likeness (QED) is 0.490. The summed E-state index contributed by atoms with van der Waals surface area (Å²) in [6, 6.07) is 15.0. The maximum absolute atomic E-state index is 12.0. The molecule has 3 rings (SSSR count). The molecule has 0 unspecified atom stereocenters. The minimum atomic E-state index is -0.277. The highest BCUT2D eigenvalue weighted by Gasteiger charge is 2.03. The van der Waals surface area contributed by atoms with Crippen molar-refractivity contribution >= 4 is 41.0 Å². The van der Waals surface area contributed by atoms with Crippen molar-refractivity contribution in [1.29, 1.82) is 0 Å². The van der Waals surface area contributed by atoms with E-state index >= 15 is 0 Å². The molecular weight excluding hydrogens is 360 g/mol. The normalized spacial score (nSPS) is 11.3. The van der Waals surface area contributed by atoms with Crippen LogP contribution in [0.1, 0.15) is 11.1 Å². The van der Waals surface area contributed by atoms with Gasteiger partial charge >= 0.3 is 0 Å². The van der Waals surface area contributed by atoms with Crippen molar-refractivity contribution in [3.05, 3.63) is 89.2 Å². The van der Waals surface area contributed by atoms with Gasteiger partial charge in [-0.25, -0.2) is 0 Å². The van der Waals surface area contributed by atoms with Gasteiger partial charge in [0.15, 0.2) is 0 Å². The first-order valence-corrected chi connectivity index (χ1v) is 8.76. The molecule has 3 aromatic rings. The Bertz CT molecular complexity index is 977. The highest BCUT2D eigenvalue weighted by atomic mass is 35.5. The lowest BCUT2D eigenvalue weighted by Crippen LogP contribution is -2.09. The summed E-state index contributed by atoms with van der Waals surface area (Å²) in [5.74, 6) is -0.277. The van der Waals surface area contributed by atoms with Gasteiger partial charge < -0.3 is 11.1 Å². The van der Waals surface area contributed by atoms with Gasteiger partial charge in [-0.05, 0) is 29.8 Å². The van der Waals surface area contributed by atoms with Crippen LogP contribution >= 0.6 is 11.6 Å². The Balaban J connectivity index is 1.55. The molecule has 136 valence electrons. The molecule has 0 saturated heterocycles. The van der Waals surface area contributed by atoms with Crippen LogP contribution in [0.4, 0.5) is 11.4 Å². The van der Waals surface area contributed by atoms with Crippen molar-refractivity contribution in [2.75, 3.05) is 11.1 Å². The van der Waals surface area contributed by atoms with E-state index in [4.69, 9.17) is 17.3 Å². The summed E-state index contributed by atoms with van der Waals surface area (Å²) in [7, 11) is 0. The maximum Gasteiger partial charge on any atom is 0.248 e. The molecule has 5 nitrogen and oxygen atoms in total. The van der Waals surface area contributed by atoms with Crippen LogP contribution in [0.25, 0.3) is 12.2 Å². The van der Waals surface area contributed by atoms with Crippen molar-refractivity contribution in [3.8, 4) is 0 Å². The second-order valence-electron chi connectivity index (χ2n) is 5.86. The molecule has 0 spiro atoms. The highest BCUT2D eigenvalue weighted by Crippen LogP contribution is 2.22. The van der Waals surface area contributed by atoms with Crippen molar-refractivity contribution in [1.82, 2.24) is 9.78 Å². The molecule has 3 N–H and O–H groups in total. The number of nitrogen functional groups attached to an aromatic ring is 1. The third-order valence-electron chi connectivity index (χ3n) is 3.75. The van der Waals surface area contributed by atoms with Crippen LogP contribution in [-0.2, 0) is 11.3 Å². The fourth-order valence-electron chi connectivity index (χ4n) is 2.42. The Morgan fingerprint density at radius 1 is 1.15 bits per heavy atom. The van der Waals surface area contributed by atoms with Gasteiger partial charge in [0.05, 0.1) is 24.1 Å². The molecule has 6 heteroatoms. The molecule has 0 aliphatic heterocycles. The van der Waals surface area contributed by atoms with Crippen LogP contribution in [0.2, 0.25) is 5.02 Å². The van der Waals surface area contributed by atoms with Gasteiger partial charge in [-0.15, -0.1) is 0 Å². The fraction of sp³-hybridized carbons (Fsp3) is 0.0476. The van der Waals surface area contributed by atoms with E-state index in [1.54, 1.807) is 35.2 Å². The van der Waals surface area contributed by atoms with Gasteiger partial charge in [0.25, 0.3) is 0 Å². The average molecular weight is 379 g/mol. The van der Waals surface area contributed by atoms with Gasteiger partial charge in [-0.3, -0.25) is 9.48 Å². The Kier molecular flexibility index (Phi) is 6.07. The number of anilines is 2. The van der Waals surface area contributed by atoms with E-state index in [0.29, 0.717) is 22.9 Å². The summed E-state index contributed by atoms with van der Waals surface area (Å²) in [5.41, 5.74) is 8.75. The standard InChI is InChI=1S/C21H19ClN4O/c22-18-9-10-20(19(23)13-18)25-21(27)11-8-17-14-24-26(15-17)12-4-7-16-5-2-1-3-6-16/h1-11,13-15H,12,23H2,(H,25,27). The summed E-state index contributed by atoms with van der Waals surface area (Å²) >= 11 is 5.85. The molecule has 27 heavy (non-hydrogen) atoms. The molecule has 0 fully saturated rings. The summed E-state index contributed by atoms with van der Waals surface area (Å²) in [4.78, 5) is 12.0. The third-order valence-corrected chi connectivity index (χ3v) is 3.99. The number of nitrogens with two attached hydrogens (primary N) is 1. The minimum Gasteiger partial charge on any atom is -0.397 e. The zero-order chi connectivity index (χ0) is 19.1. The predicted octanol–water partition coefficient (Wildman–Crippen LogP) is 4.48. The first-order chi connectivity index (χ1) is 13.1. The molecule has 2 aromatic carbocycles. The number of hydrogen-bond donors (Lipinski definition) is 2. The number of benzene rings is 2. The second kappa shape index (κ2) is 8.87. The Labute approximate surface area is 162 Å². The van der Waals surface area contributed by atoms with Crippen molar-refractivity contribution in [2.24, 2.45) is 0 Å². The topological polar surface area (TPSA) is 72.9 Å². The summed E-state index contributed by atoms with van der Waals surface area (Å²) < 4.78 is 1.80. The van der Waals surface area contributed by atoms with Crippen LogP contribution in [0.5, 0.6) is 0 Å². The number of nitrogens with one attached hydrogen (secondary N) is 1. The Hall–Kier alpha value is -3.31. The number of halogens is 1. The first kappa shape index (κ1) is 18.5. The SMILES string of the molecule is Nc1cc(Cl)ccc1NC(=O)C=Cc1cnn(CC=Cc2ccccc2)c1. The van der Waals surface area contributed by atoms with Crippen LogP contribution in [0.15, 0.2) is 73.1 Å². The van der Waals surface area contributed by atoms with Crippen molar-refractivity contribution in [2.45, 2.75) is 6.54 Å².